The second-order valence-corrected chi connectivity index (χ2v) is 11.5. The van der Waals surface area contributed by atoms with Crippen molar-refractivity contribution in [2.45, 2.75) is 61.8 Å². The molecule has 0 aromatic rings. The summed E-state index contributed by atoms with van der Waals surface area (Å²) in [4.78, 5) is 12.4. The Kier molecular flexibility index (Phi) is 3.80. The summed E-state index contributed by atoms with van der Waals surface area (Å²) >= 11 is 4.10. The van der Waals surface area contributed by atoms with Gasteiger partial charge < -0.3 is 4.74 Å². The Hall–Kier alpha value is -0.0400. The number of esters is 1. The average molecular weight is 380 g/mol. The van der Waals surface area contributed by atoms with Crippen LogP contribution in [0.1, 0.15) is 46.0 Å². The molecule has 4 aliphatic carbocycles. The fraction of sp³-hybridized carbons (Fsp3) is 0.941. The molecule has 0 radical (unpaired) electrons. The van der Waals surface area contributed by atoms with Crippen LogP contribution in [-0.2, 0) is 9.53 Å². The third-order valence-corrected chi connectivity index (χ3v) is 10.6. The first-order valence-corrected chi connectivity index (χ1v) is 10.6. The highest BCUT2D eigenvalue weighted by molar-refractivity contribution is 8.21. The molecule has 0 aromatic carbocycles. The minimum Gasteiger partial charge on any atom is -0.458 e. The zero-order chi connectivity index (χ0) is 17.4. The summed E-state index contributed by atoms with van der Waals surface area (Å²) in [5.41, 5.74) is -3.09. The molecule has 1 spiro atoms. The van der Waals surface area contributed by atoms with E-state index >= 15 is 0 Å². The monoisotopic (exact) mass is 380 g/mol. The fourth-order valence-corrected chi connectivity index (χ4v) is 9.13. The number of thioether (sulfide) groups is 2. The normalized spacial score (nSPS) is 40.3. The predicted octanol–water partition coefficient (Wildman–Crippen LogP) is 4.87. The molecule has 0 amide bonds. The topological polar surface area (TPSA) is 26.3 Å². The second kappa shape index (κ2) is 5.24. The lowest BCUT2D eigenvalue weighted by Crippen LogP contribution is -2.62. The van der Waals surface area contributed by atoms with E-state index < -0.39 is 23.2 Å². The van der Waals surface area contributed by atoms with Crippen molar-refractivity contribution < 1.29 is 22.7 Å². The van der Waals surface area contributed by atoms with Crippen molar-refractivity contribution >= 4 is 29.5 Å². The van der Waals surface area contributed by atoms with E-state index in [4.69, 9.17) is 4.74 Å². The summed E-state index contributed by atoms with van der Waals surface area (Å²) in [7, 11) is 0. The number of carbonyl (C=O) groups is 1. The minimum absolute atomic E-state index is 0.242. The number of ether oxygens (including phenoxy) is 1. The Morgan fingerprint density at radius 1 is 1.04 bits per heavy atom. The molecule has 2 atom stereocenters. The molecule has 0 aromatic heterocycles. The molecule has 136 valence electrons. The molecule has 1 aliphatic heterocycles. The van der Waals surface area contributed by atoms with E-state index in [-0.39, 0.29) is 4.08 Å². The average Bonchev–Trinajstić information content (AvgIpc) is 2.93. The first-order chi connectivity index (χ1) is 11.1. The molecular formula is C17H23F3O2S2. The maximum Gasteiger partial charge on any atom is 0.404 e. The van der Waals surface area contributed by atoms with Gasteiger partial charge in [-0.3, -0.25) is 4.79 Å². The number of carbonyl (C=O) groups excluding carboxylic acids is 1. The Morgan fingerprint density at radius 3 is 2.08 bits per heavy atom. The van der Waals surface area contributed by atoms with Gasteiger partial charge >= 0.3 is 12.1 Å². The molecular weight excluding hydrogens is 357 g/mol. The standard InChI is InChI=1S/C17H23F3O2S2/c1-14(2,17(18,19)20)13(21)22-15-7-10-5-11(8-15)16(12(6-10)9-15)23-3-4-24-16/h10-12H,3-9H2,1-2H3. The summed E-state index contributed by atoms with van der Waals surface area (Å²) in [5, 5.41) is 0. The number of rotatable bonds is 2. The molecule has 1 heterocycles. The molecule has 2 unspecified atom stereocenters. The number of hydrogen-bond donors (Lipinski definition) is 0. The van der Waals surface area contributed by atoms with Crippen LogP contribution >= 0.6 is 23.5 Å². The van der Waals surface area contributed by atoms with Gasteiger partial charge in [0.2, 0.25) is 0 Å². The van der Waals surface area contributed by atoms with Gasteiger partial charge in [0, 0.05) is 11.5 Å². The quantitative estimate of drug-likeness (QED) is 0.638. The lowest BCUT2D eigenvalue weighted by molar-refractivity contribution is -0.242. The lowest BCUT2D eigenvalue weighted by atomic mass is 9.53. The van der Waals surface area contributed by atoms with Crippen LogP contribution in [0.4, 0.5) is 13.2 Å². The summed E-state index contributed by atoms with van der Waals surface area (Å²) in [6, 6.07) is 0. The first kappa shape index (κ1) is 17.4. The van der Waals surface area contributed by atoms with E-state index in [0.29, 0.717) is 17.8 Å². The van der Waals surface area contributed by atoms with Crippen LogP contribution in [0.3, 0.4) is 0 Å². The van der Waals surface area contributed by atoms with E-state index in [1.165, 1.54) is 0 Å². The predicted molar refractivity (Wildman–Crippen MR) is 89.9 cm³/mol. The van der Waals surface area contributed by atoms with E-state index in [1.54, 1.807) is 0 Å². The molecule has 7 heteroatoms. The highest BCUT2D eigenvalue weighted by Crippen LogP contribution is 2.70. The second-order valence-electron chi connectivity index (χ2n) is 8.46. The van der Waals surface area contributed by atoms with Crippen LogP contribution in [0.25, 0.3) is 0 Å². The van der Waals surface area contributed by atoms with Gasteiger partial charge in [0.25, 0.3) is 0 Å². The SMILES string of the molecule is CC(C)(C(=O)OC12CC3CC(C1)C1(SCCS1)C(C3)C2)C(F)(F)F. The first-order valence-electron chi connectivity index (χ1n) is 8.66. The zero-order valence-corrected chi connectivity index (χ0v) is 15.6. The largest absolute Gasteiger partial charge is 0.458 e. The van der Waals surface area contributed by atoms with Gasteiger partial charge in [-0.05, 0) is 63.7 Å². The van der Waals surface area contributed by atoms with Crippen LogP contribution in [0, 0.1) is 23.2 Å². The van der Waals surface area contributed by atoms with Gasteiger partial charge in [0.05, 0.1) is 4.08 Å². The van der Waals surface area contributed by atoms with Gasteiger partial charge in [-0.25, -0.2) is 0 Å². The van der Waals surface area contributed by atoms with E-state index in [1.807, 2.05) is 0 Å². The van der Waals surface area contributed by atoms with Crippen molar-refractivity contribution in [2.24, 2.45) is 23.2 Å². The fourth-order valence-electron chi connectivity index (χ4n) is 5.34. The smallest absolute Gasteiger partial charge is 0.404 e. The van der Waals surface area contributed by atoms with Crippen LogP contribution in [0.2, 0.25) is 0 Å². The Bertz CT molecular complexity index is 537. The van der Waals surface area contributed by atoms with E-state index in [9.17, 15) is 18.0 Å². The van der Waals surface area contributed by atoms with Gasteiger partial charge in [0.1, 0.15) is 5.60 Å². The summed E-state index contributed by atoms with van der Waals surface area (Å²) in [6.07, 6.45) is -0.0217. The number of alkyl halides is 3. The van der Waals surface area contributed by atoms with Gasteiger partial charge in [-0.1, -0.05) is 0 Å². The molecule has 5 rings (SSSR count). The summed E-state index contributed by atoms with van der Waals surface area (Å²) < 4.78 is 45.4. The Labute approximate surface area is 149 Å². The molecule has 0 N–H and O–H groups in total. The van der Waals surface area contributed by atoms with Gasteiger partial charge in [-0.15, -0.1) is 23.5 Å². The minimum atomic E-state index is -4.58. The van der Waals surface area contributed by atoms with Crippen LogP contribution in [0.5, 0.6) is 0 Å². The molecule has 4 bridgehead atoms. The van der Waals surface area contributed by atoms with Crippen molar-refractivity contribution in [3.05, 3.63) is 0 Å². The van der Waals surface area contributed by atoms with Crippen LogP contribution < -0.4 is 0 Å². The molecule has 4 saturated carbocycles. The summed E-state index contributed by atoms with van der Waals surface area (Å²) in [5.74, 6) is 2.69. The van der Waals surface area contributed by atoms with Gasteiger partial charge in [0.15, 0.2) is 5.41 Å². The van der Waals surface area contributed by atoms with E-state index in [0.717, 1.165) is 57.5 Å². The third-order valence-electron chi connectivity index (χ3n) is 6.54. The molecule has 2 nitrogen and oxygen atoms in total. The van der Waals surface area contributed by atoms with Crippen molar-refractivity contribution in [1.29, 1.82) is 0 Å². The molecule has 1 saturated heterocycles. The zero-order valence-electron chi connectivity index (χ0n) is 13.9. The lowest BCUT2D eigenvalue weighted by Gasteiger charge is -2.63. The highest BCUT2D eigenvalue weighted by atomic mass is 32.2. The van der Waals surface area contributed by atoms with Crippen molar-refractivity contribution in [3.8, 4) is 0 Å². The van der Waals surface area contributed by atoms with Crippen molar-refractivity contribution in [3.63, 3.8) is 0 Å². The highest BCUT2D eigenvalue weighted by Gasteiger charge is 2.66. The Morgan fingerprint density at radius 2 is 1.58 bits per heavy atom. The van der Waals surface area contributed by atoms with Gasteiger partial charge in [-0.2, -0.15) is 13.2 Å². The van der Waals surface area contributed by atoms with Crippen molar-refractivity contribution in [1.82, 2.24) is 0 Å². The van der Waals surface area contributed by atoms with Crippen molar-refractivity contribution in [2.75, 3.05) is 11.5 Å². The number of halogens is 3. The summed E-state index contributed by atoms with van der Waals surface area (Å²) in [6.45, 7) is 1.86. The van der Waals surface area contributed by atoms with Crippen LogP contribution in [0.15, 0.2) is 0 Å². The van der Waals surface area contributed by atoms with E-state index in [2.05, 4.69) is 23.5 Å². The number of hydrogen-bond acceptors (Lipinski definition) is 4. The maximum absolute atomic E-state index is 13.2. The van der Waals surface area contributed by atoms with Crippen LogP contribution in [-0.4, -0.2) is 33.3 Å². The third kappa shape index (κ3) is 2.36. The maximum atomic E-state index is 13.2. The molecule has 5 fully saturated rings. The molecule has 24 heavy (non-hydrogen) atoms. The Balaban J connectivity index is 1.56. The molecule has 5 aliphatic rings.